The van der Waals surface area contributed by atoms with Gasteiger partial charge in [-0.1, -0.05) is 0 Å². The van der Waals surface area contributed by atoms with E-state index in [9.17, 15) is 4.79 Å². The highest BCUT2D eigenvalue weighted by molar-refractivity contribution is 6.00. The van der Waals surface area contributed by atoms with Gasteiger partial charge in [0.25, 0.3) is 0 Å². The number of nitrogens with zero attached hydrogens (tertiary/aromatic N) is 3. The first-order chi connectivity index (χ1) is 8.24. The maximum Gasteiger partial charge on any atom is 0.244 e. The summed E-state index contributed by atoms with van der Waals surface area (Å²) >= 11 is 0. The van der Waals surface area contributed by atoms with E-state index in [-0.39, 0.29) is 11.9 Å². The van der Waals surface area contributed by atoms with Gasteiger partial charge in [-0.3, -0.25) is 4.79 Å². The van der Waals surface area contributed by atoms with E-state index >= 15 is 0 Å². The number of aromatic nitrogens is 2. The molecule has 1 atom stereocenters. The number of rotatable bonds is 1. The van der Waals surface area contributed by atoms with Crippen molar-refractivity contribution < 1.29 is 9.53 Å². The molecule has 1 aromatic rings. The van der Waals surface area contributed by atoms with Crippen LogP contribution >= 0.6 is 0 Å². The molecule has 0 aromatic carbocycles. The van der Waals surface area contributed by atoms with Crippen LogP contribution in [0.2, 0.25) is 0 Å². The molecule has 3 heterocycles. The van der Waals surface area contributed by atoms with E-state index in [2.05, 4.69) is 15.3 Å². The number of ether oxygens (including phenoxy) is 1. The molecule has 0 saturated carbocycles. The van der Waals surface area contributed by atoms with Crippen molar-refractivity contribution in [2.45, 2.75) is 19.4 Å². The van der Waals surface area contributed by atoms with Crippen LogP contribution in [0.5, 0.6) is 0 Å². The molecule has 0 radical (unpaired) electrons. The highest BCUT2D eigenvalue weighted by Crippen LogP contribution is 2.29. The molecule has 1 saturated heterocycles. The Morgan fingerprint density at radius 2 is 2.47 bits per heavy atom. The maximum atomic E-state index is 11.6. The maximum absolute atomic E-state index is 11.6. The smallest absolute Gasteiger partial charge is 0.244 e. The molecular formula is C11H14N4O2. The second-order valence-corrected chi connectivity index (χ2v) is 4.35. The number of hydrogen-bond acceptors (Lipinski definition) is 5. The van der Waals surface area contributed by atoms with E-state index in [0.29, 0.717) is 24.7 Å². The normalized spacial score (nSPS) is 23.5. The number of fused-ring (bicyclic) bond motifs is 1. The zero-order valence-electron chi connectivity index (χ0n) is 9.64. The van der Waals surface area contributed by atoms with Gasteiger partial charge in [-0.15, -0.1) is 0 Å². The minimum atomic E-state index is -0.0168. The summed E-state index contributed by atoms with van der Waals surface area (Å²) in [6, 6.07) is 0.245. The first-order valence-corrected chi connectivity index (χ1v) is 5.72. The van der Waals surface area contributed by atoms with Gasteiger partial charge in [0.1, 0.15) is 11.5 Å². The molecule has 90 valence electrons. The van der Waals surface area contributed by atoms with Crippen LogP contribution in [0.4, 0.5) is 11.5 Å². The fourth-order valence-corrected chi connectivity index (χ4v) is 2.25. The lowest BCUT2D eigenvalue weighted by Gasteiger charge is -2.33. The largest absolute Gasteiger partial charge is 0.379 e. The molecule has 0 spiro atoms. The van der Waals surface area contributed by atoms with Crippen molar-refractivity contribution in [3.8, 4) is 0 Å². The highest BCUT2D eigenvalue weighted by Gasteiger charge is 2.31. The zero-order chi connectivity index (χ0) is 11.8. The number of aryl methyl sites for hydroxylation is 1. The molecular weight excluding hydrogens is 220 g/mol. The first kappa shape index (κ1) is 10.5. The van der Waals surface area contributed by atoms with E-state index in [1.165, 1.54) is 0 Å². The van der Waals surface area contributed by atoms with Crippen LogP contribution in [0.1, 0.15) is 12.2 Å². The average Bonchev–Trinajstić information content (AvgIpc) is 2.82. The first-order valence-electron chi connectivity index (χ1n) is 5.72. The topological polar surface area (TPSA) is 67.3 Å². The molecule has 6 heteroatoms. The lowest BCUT2D eigenvalue weighted by molar-refractivity contribution is -0.115. The predicted octanol–water partition coefficient (Wildman–Crippen LogP) is 0.332. The van der Waals surface area contributed by atoms with Crippen molar-refractivity contribution in [2.24, 2.45) is 0 Å². The molecule has 0 aliphatic carbocycles. The molecule has 2 aliphatic rings. The van der Waals surface area contributed by atoms with Gasteiger partial charge in [0, 0.05) is 6.61 Å². The van der Waals surface area contributed by atoms with E-state index in [1.54, 1.807) is 6.20 Å². The molecule has 3 rings (SSSR count). The fourth-order valence-electron chi connectivity index (χ4n) is 2.25. The summed E-state index contributed by atoms with van der Waals surface area (Å²) < 4.78 is 5.37. The summed E-state index contributed by atoms with van der Waals surface area (Å²) in [4.78, 5) is 22.2. The number of carbonyl (C=O) groups excluding carboxylic acids is 1. The van der Waals surface area contributed by atoms with Crippen LogP contribution < -0.4 is 10.2 Å². The molecule has 1 fully saturated rings. The van der Waals surface area contributed by atoms with Crippen molar-refractivity contribution >= 4 is 17.4 Å². The van der Waals surface area contributed by atoms with Gasteiger partial charge in [-0.2, -0.15) is 0 Å². The molecule has 1 amide bonds. The van der Waals surface area contributed by atoms with E-state index < -0.39 is 0 Å². The summed E-state index contributed by atoms with van der Waals surface area (Å²) in [7, 11) is 0. The Labute approximate surface area is 99.0 Å². The van der Waals surface area contributed by atoms with Gasteiger partial charge >= 0.3 is 0 Å². The van der Waals surface area contributed by atoms with Crippen molar-refractivity contribution in [2.75, 3.05) is 30.0 Å². The van der Waals surface area contributed by atoms with Crippen LogP contribution in [0, 0.1) is 6.92 Å². The second kappa shape index (κ2) is 3.96. The van der Waals surface area contributed by atoms with Gasteiger partial charge in [0.2, 0.25) is 5.91 Å². The third-order valence-electron chi connectivity index (χ3n) is 3.10. The molecule has 1 N–H and O–H groups in total. The van der Waals surface area contributed by atoms with Gasteiger partial charge in [-0.05, 0) is 13.3 Å². The fraction of sp³-hybridized carbons (Fsp3) is 0.545. The zero-order valence-corrected chi connectivity index (χ0v) is 9.64. The quantitative estimate of drug-likeness (QED) is 0.758. The lowest BCUT2D eigenvalue weighted by atomic mass is 10.2. The van der Waals surface area contributed by atoms with Crippen LogP contribution in [0.25, 0.3) is 0 Å². The van der Waals surface area contributed by atoms with Crippen LogP contribution in [-0.4, -0.2) is 41.7 Å². The molecule has 2 aliphatic heterocycles. The van der Waals surface area contributed by atoms with Gasteiger partial charge in [0.05, 0.1) is 25.4 Å². The Morgan fingerprint density at radius 3 is 3.24 bits per heavy atom. The minimum absolute atomic E-state index is 0.0168. The Bertz CT molecular complexity index is 457. The van der Waals surface area contributed by atoms with Gasteiger partial charge in [-0.25, -0.2) is 9.97 Å². The van der Waals surface area contributed by atoms with Crippen molar-refractivity contribution in [3.63, 3.8) is 0 Å². The summed E-state index contributed by atoms with van der Waals surface area (Å²) in [5, 5.41) is 2.79. The van der Waals surface area contributed by atoms with Crippen molar-refractivity contribution in [1.82, 2.24) is 9.97 Å². The Balaban J connectivity index is 1.99. The van der Waals surface area contributed by atoms with Crippen LogP contribution in [-0.2, 0) is 9.53 Å². The number of carbonyl (C=O) groups is 1. The SMILES string of the molecule is Cc1ncc2c(n1)N(C1CCOC1)CC(=O)N2. The predicted molar refractivity (Wildman–Crippen MR) is 62.0 cm³/mol. The molecule has 17 heavy (non-hydrogen) atoms. The minimum Gasteiger partial charge on any atom is -0.379 e. The van der Waals surface area contributed by atoms with Gasteiger partial charge < -0.3 is 15.0 Å². The third kappa shape index (κ3) is 1.84. The number of nitrogens with one attached hydrogen (secondary N) is 1. The Morgan fingerprint density at radius 1 is 1.59 bits per heavy atom. The summed E-state index contributed by atoms with van der Waals surface area (Å²) in [5.41, 5.74) is 0.693. The van der Waals surface area contributed by atoms with Gasteiger partial charge in [0.15, 0.2) is 5.82 Å². The molecule has 0 bridgehead atoms. The highest BCUT2D eigenvalue weighted by atomic mass is 16.5. The summed E-state index contributed by atoms with van der Waals surface area (Å²) in [6.07, 6.45) is 2.60. The van der Waals surface area contributed by atoms with Crippen molar-refractivity contribution in [1.29, 1.82) is 0 Å². The molecule has 1 unspecified atom stereocenters. The summed E-state index contributed by atoms with van der Waals surface area (Å²) in [6.45, 7) is 3.61. The van der Waals surface area contributed by atoms with Crippen molar-refractivity contribution in [3.05, 3.63) is 12.0 Å². The second-order valence-electron chi connectivity index (χ2n) is 4.35. The third-order valence-corrected chi connectivity index (χ3v) is 3.10. The summed E-state index contributed by atoms with van der Waals surface area (Å²) in [5.74, 6) is 1.51. The average molecular weight is 234 g/mol. The number of anilines is 2. The van der Waals surface area contributed by atoms with Crippen LogP contribution in [0.15, 0.2) is 6.20 Å². The van der Waals surface area contributed by atoms with Crippen LogP contribution in [0.3, 0.4) is 0 Å². The standard InChI is InChI=1S/C11H14N4O2/c1-7-12-4-9-11(13-7)15(5-10(16)14-9)8-2-3-17-6-8/h4,8H,2-3,5-6H2,1H3,(H,14,16). The Kier molecular flexibility index (Phi) is 2.44. The number of amides is 1. The van der Waals surface area contributed by atoms with E-state index in [1.807, 2.05) is 11.8 Å². The Hall–Kier alpha value is -1.69. The monoisotopic (exact) mass is 234 g/mol. The molecule has 1 aromatic heterocycles. The number of hydrogen-bond donors (Lipinski definition) is 1. The lowest BCUT2D eigenvalue weighted by Crippen LogP contribution is -2.45. The van der Waals surface area contributed by atoms with E-state index in [0.717, 1.165) is 18.8 Å². The van der Waals surface area contributed by atoms with E-state index in [4.69, 9.17) is 4.74 Å². The molecule has 6 nitrogen and oxygen atoms in total.